The summed E-state index contributed by atoms with van der Waals surface area (Å²) in [5.74, 6) is -1.43. The fraction of sp³-hybridized carbons (Fsp3) is 0.353. The molecular formula is C17H21N3O3. The van der Waals surface area contributed by atoms with E-state index >= 15 is 0 Å². The summed E-state index contributed by atoms with van der Waals surface area (Å²) >= 11 is 0. The Balaban J connectivity index is 2.82. The Labute approximate surface area is 135 Å². The first-order valence-electron chi connectivity index (χ1n) is 7.31. The second-order valence-corrected chi connectivity index (χ2v) is 5.63. The number of carboxylic acids is 1. The fourth-order valence-corrected chi connectivity index (χ4v) is 1.95. The standard InChI is InChI=1S/C17H21N3O3/c1-11(2)8-15(17(22)23)19-10-13(9-18)16(21)20-14-7-5-4-6-12(14)3/h4-7,10-11,15,19H,8H2,1-3H3,(H,20,21)(H,22,23)/b13-10-. The largest absolute Gasteiger partial charge is 0.480 e. The predicted molar refractivity (Wildman–Crippen MR) is 87.5 cm³/mol. The van der Waals surface area contributed by atoms with Gasteiger partial charge in [0.2, 0.25) is 0 Å². The first-order valence-corrected chi connectivity index (χ1v) is 7.31. The Morgan fingerprint density at radius 1 is 1.35 bits per heavy atom. The molecular weight excluding hydrogens is 294 g/mol. The van der Waals surface area contributed by atoms with Gasteiger partial charge in [0.15, 0.2) is 0 Å². The van der Waals surface area contributed by atoms with Crippen LogP contribution in [0.4, 0.5) is 5.69 Å². The predicted octanol–water partition coefficient (Wildman–Crippen LogP) is 2.43. The minimum Gasteiger partial charge on any atom is -0.480 e. The van der Waals surface area contributed by atoms with Gasteiger partial charge in [-0.1, -0.05) is 32.0 Å². The highest BCUT2D eigenvalue weighted by molar-refractivity contribution is 6.06. The molecule has 0 radical (unpaired) electrons. The summed E-state index contributed by atoms with van der Waals surface area (Å²) in [6.07, 6.45) is 1.55. The zero-order chi connectivity index (χ0) is 17.4. The summed E-state index contributed by atoms with van der Waals surface area (Å²) in [7, 11) is 0. The Morgan fingerprint density at radius 2 is 2.00 bits per heavy atom. The van der Waals surface area contributed by atoms with Crippen molar-refractivity contribution in [2.24, 2.45) is 5.92 Å². The van der Waals surface area contributed by atoms with Crippen molar-refractivity contribution < 1.29 is 14.7 Å². The molecule has 6 heteroatoms. The summed E-state index contributed by atoms with van der Waals surface area (Å²) in [6, 6.07) is 8.13. The topological polar surface area (TPSA) is 102 Å². The normalized spacial score (nSPS) is 12.4. The SMILES string of the molecule is Cc1ccccc1NC(=O)/C(C#N)=C\NC(CC(C)C)C(=O)O. The van der Waals surface area contributed by atoms with Gasteiger partial charge in [0.05, 0.1) is 0 Å². The van der Waals surface area contributed by atoms with Crippen molar-refractivity contribution in [2.75, 3.05) is 5.32 Å². The Morgan fingerprint density at radius 3 is 2.52 bits per heavy atom. The molecule has 0 aliphatic carbocycles. The van der Waals surface area contributed by atoms with Crippen LogP contribution in [-0.2, 0) is 9.59 Å². The number of aliphatic carboxylic acids is 1. The number of nitrogens with zero attached hydrogens (tertiary/aromatic N) is 1. The number of nitrogens with one attached hydrogen (secondary N) is 2. The van der Waals surface area contributed by atoms with E-state index in [-0.39, 0.29) is 11.5 Å². The summed E-state index contributed by atoms with van der Waals surface area (Å²) < 4.78 is 0. The van der Waals surface area contributed by atoms with Crippen LogP contribution in [0.2, 0.25) is 0 Å². The molecule has 1 unspecified atom stereocenters. The van der Waals surface area contributed by atoms with E-state index in [0.717, 1.165) is 11.8 Å². The third-order valence-electron chi connectivity index (χ3n) is 3.19. The van der Waals surface area contributed by atoms with Gasteiger partial charge in [0, 0.05) is 11.9 Å². The van der Waals surface area contributed by atoms with E-state index in [2.05, 4.69) is 10.6 Å². The summed E-state index contributed by atoms with van der Waals surface area (Å²) in [4.78, 5) is 23.3. The third-order valence-corrected chi connectivity index (χ3v) is 3.19. The molecule has 0 bridgehead atoms. The molecule has 1 rings (SSSR count). The van der Waals surface area contributed by atoms with Crippen molar-refractivity contribution in [2.45, 2.75) is 33.2 Å². The Bertz CT molecular complexity index is 645. The van der Waals surface area contributed by atoms with E-state index in [9.17, 15) is 9.59 Å². The lowest BCUT2D eigenvalue weighted by Crippen LogP contribution is -2.35. The molecule has 0 fully saturated rings. The van der Waals surface area contributed by atoms with Gasteiger partial charge in [-0.3, -0.25) is 4.79 Å². The van der Waals surface area contributed by atoms with Gasteiger partial charge < -0.3 is 15.7 Å². The minimum absolute atomic E-state index is 0.170. The molecule has 0 saturated carbocycles. The molecule has 122 valence electrons. The van der Waals surface area contributed by atoms with Crippen molar-refractivity contribution >= 4 is 17.6 Å². The van der Waals surface area contributed by atoms with Gasteiger partial charge in [0.25, 0.3) is 5.91 Å². The van der Waals surface area contributed by atoms with E-state index in [4.69, 9.17) is 10.4 Å². The number of amides is 1. The minimum atomic E-state index is -1.02. The summed E-state index contributed by atoms with van der Waals surface area (Å²) in [6.45, 7) is 5.64. The molecule has 0 heterocycles. The van der Waals surface area contributed by atoms with Crippen LogP contribution < -0.4 is 10.6 Å². The van der Waals surface area contributed by atoms with Crippen molar-refractivity contribution in [3.8, 4) is 6.07 Å². The number of nitriles is 1. The number of hydrogen-bond acceptors (Lipinski definition) is 4. The zero-order valence-corrected chi connectivity index (χ0v) is 13.5. The van der Waals surface area contributed by atoms with Crippen molar-refractivity contribution in [3.63, 3.8) is 0 Å². The quantitative estimate of drug-likeness (QED) is 0.530. The maximum absolute atomic E-state index is 12.1. The third kappa shape index (κ3) is 5.83. The lowest BCUT2D eigenvalue weighted by molar-refractivity contribution is -0.139. The molecule has 0 spiro atoms. The molecule has 0 saturated heterocycles. The summed E-state index contributed by atoms with van der Waals surface area (Å²) in [5.41, 5.74) is 1.30. The molecule has 23 heavy (non-hydrogen) atoms. The van der Waals surface area contributed by atoms with E-state index in [1.165, 1.54) is 0 Å². The van der Waals surface area contributed by atoms with Crippen LogP contribution in [0.3, 0.4) is 0 Å². The van der Waals surface area contributed by atoms with Gasteiger partial charge in [-0.2, -0.15) is 5.26 Å². The van der Waals surface area contributed by atoms with Crippen LogP contribution in [-0.4, -0.2) is 23.0 Å². The van der Waals surface area contributed by atoms with Gasteiger partial charge in [-0.15, -0.1) is 0 Å². The Hall–Kier alpha value is -2.81. The van der Waals surface area contributed by atoms with Gasteiger partial charge in [-0.05, 0) is 30.9 Å². The lowest BCUT2D eigenvalue weighted by Gasteiger charge is -2.15. The monoisotopic (exact) mass is 315 g/mol. The van der Waals surface area contributed by atoms with Crippen LogP contribution >= 0.6 is 0 Å². The van der Waals surface area contributed by atoms with Crippen LogP contribution in [0.1, 0.15) is 25.8 Å². The molecule has 0 aliphatic heterocycles. The number of carbonyl (C=O) groups excluding carboxylic acids is 1. The van der Waals surface area contributed by atoms with Crippen molar-refractivity contribution in [1.29, 1.82) is 5.26 Å². The Kier molecular flexibility index (Phi) is 6.81. The fourth-order valence-electron chi connectivity index (χ4n) is 1.95. The number of carbonyl (C=O) groups is 2. The molecule has 1 atom stereocenters. The number of rotatable bonds is 7. The number of para-hydroxylation sites is 1. The zero-order valence-electron chi connectivity index (χ0n) is 13.5. The van der Waals surface area contributed by atoms with Crippen molar-refractivity contribution in [3.05, 3.63) is 41.6 Å². The van der Waals surface area contributed by atoms with E-state index in [1.807, 2.05) is 32.9 Å². The van der Waals surface area contributed by atoms with E-state index in [0.29, 0.717) is 12.1 Å². The van der Waals surface area contributed by atoms with Gasteiger partial charge in [0.1, 0.15) is 17.7 Å². The number of aryl methyl sites for hydroxylation is 1. The van der Waals surface area contributed by atoms with Crippen LogP contribution in [0.15, 0.2) is 36.0 Å². The maximum atomic E-state index is 12.1. The molecule has 3 N–H and O–H groups in total. The highest BCUT2D eigenvalue weighted by Gasteiger charge is 2.18. The number of carboxylic acid groups (broad SMARTS) is 1. The molecule has 1 amide bonds. The average Bonchev–Trinajstić information content (AvgIpc) is 2.48. The van der Waals surface area contributed by atoms with Gasteiger partial charge in [-0.25, -0.2) is 4.79 Å². The number of benzene rings is 1. The highest BCUT2D eigenvalue weighted by atomic mass is 16.4. The molecule has 0 aliphatic rings. The first kappa shape index (κ1) is 18.2. The van der Waals surface area contributed by atoms with Crippen molar-refractivity contribution in [1.82, 2.24) is 5.32 Å². The van der Waals surface area contributed by atoms with Crippen LogP contribution in [0.5, 0.6) is 0 Å². The summed E-state index contributed by atoms with van der Waals surface area (Å²) in [5, 5.41) is 23.5. The number of anilines is 1. The molecule has 6 nitrogen and oxygen atoms in total. The van der Waals surface area contributed by atoms with E-state index < -0.39 is 17.9 Å². The number of hydrogen-bond donors (Lipinski definition) is 3. The second kappa shape index (κ2) is 8.59. The van der Waals surface area contributed by atoms with Gasteiger partial charge >= 0.3 is 5.97 Å². The molecule has 0 aromatic heterocycles. The average molecular weight is 315 g/mol. The lowest BCUT2D eigenvalue weighted by atomic mass is 10.0. The second-order valence-electron chi connectivity index (χ2n) is 5.63. The smallest absolute Gasteiger partial charge is 0.326 e. The van der Waals surface area contributed by atoms with E-state index in [1.54, 1.807) is 18.2 Å². The first-order chi connectivity index (χ1) is 10.8. The highest BCUT2D eigenvalue weighted by Crippen LogP contribution is 2.14. The molecule has 1 aromatic rings. The molecule has 1 aromatic carbocycles. The van der Waals surface area contributed by atoms with Crippen LogP contribution in [0, 0.1) is 24.2 Å². The maximum Gasteiger partial charge on any atom is 0.326 e. The van der Waals surface area contributed by atoms with Crippen LogP contribution in [0.25, 0.3) is 0 Å².